The molecule has 0 aliphatic carbocycles. The van der Waals surface area contributed by atoms with E-state index in [4.69, 9.17) is 0 Å². The van der Waals surface area contributed by atoms with Gasteiger partial charge in [0.1, 0.15) is 0 Å². The third kappa shape index (κ3) is 2.97. The number of aromatic nitrogens is 2. The summed E-state index contributed by atoms with van der Waals surface area (Å²) in [7, 11) is 0. The molecule has 0 bridgehead atoms. The lowest BCUT2D eigenvalue weighted by Crippen LogP contribution is -2.35. The molecule has 0 spiro atoms. The van der Waals surface area contributed by atoms with E-state index in [1.54, 1.807) is 12.4 Å². The maximum Gasteiger partial charge on any atom is 0.0753 e. The van der Waals surface area contributed by atoms with E-state index in [1.807, 2.05) is 6.20 Å². The van der Waals surface area contributed by atoms with Gasteiger partial charge in [-0.15, -0.1) is 0 Å². The van der Waals surface area contributed by atoms with Crippen molar-refractivity contribution in [2.45, 2.75) is 31.8 Å². The van der Waals surface area contributed by atoms with Gasteiger partial charge in [-0.1, -0.05) is 0 Å². The molecule has 2 heterocycles. The van der Waals surface area contributed by atoms with Gasteiger partial charge in [0.25, 0.3) is 0 Å². The highest BCUT2D eigenvalue weighted by Crippen LogP contribution is 2.08. The highest BCUT2D eigenvalue weighted by molar-refractivity contribution is 5.00. The smallest absolute Gasteiger partial charge is 0.0753 e. The minimum atomic E-state index is 0.279. The van der Waals surface area contributed by atoms with Crippen molar-refractivity contribution >= 4 is 0 Å². The van der Waals surface area contributed by atoms with Crippen molar-refractivity contribution in [2.24, 2.45) is 0 Å². The Morgan fingerprint density at radius 3 is 3.20 bits per heavy atom. The Balaban J connectivity index is 1.79. The van der Waals surface area contributed by atoms with Crippen molar-refractivity contribution < 1.29 is 0 Å². The van der Waals surface area contributed by atoms with Gasteiger partial charge in [-0.05, 0) is 26.3 Å². The van der Waals surface area contributed by atoms with Crippen molar-refractivity contribution in [1.29, 1.82) is 0 Å². The summed E-state index contributed by atoms with van der Waals surface area (Å²) in [5, 5.41) is 6.94. The molecule has 2 rings (SSSR count). The second-order valence-corrected chi connectivity index (χ2v) is 4.05. The Hall–Kier alpha value is -1.00. The van der Waals surface area contributed by atoms with Crippen molar-refractivity contribution in [3.63, 3.8) is 0 Å². The van der Waals surface area contributed by atoms with Crippen LogP contribution in [0, 0.1) is 0 Å². The van der Waals surface area contributed by atoms with Crippen LogP contribution >= 0.6 is 0 Å². The van der Waals surface area contributed by atoms with Crippen molar-refractivity contribution in [2.75, 3.05) is 13.1 Å². The van der Waals surface area contributed by atoms with Gasteiger partial charge < -0.3 is 10.6 Å². The van der Waals surface area contributed by atoms with Crippen LogP contribution in [-0.2, 0) is 0 Å². The SMILES string of the molecule is C[C@@H](NC[C@@H]1CCCN1)c1cnccn1. The topological polar surface area (TPSA) is 49.8 Å². The van der Waals surface area contributed by atoms with Crippen LogP contribution in [0.3, 0.4) is 0 Å². The third-order valence-electron chi connectivity index (χ3n) is 2.86. The van der Waals surface area contributed by atoms with E-state index < -0.39 is 0 Å². The van der Waals surface area contributed by atoms with Gasteiger partial charge in [0.2, 0.25) is 0 Å². The molecule has 0 aromatic carbocycles. The first kappa shape index (κ1) is 10.5. The summed E-state index contributed by atoms with van der Waals surface area (Å²) in [6, 6.07) is 0.908. The van der Waals surface area contributed by atoms with Crippen molar-refractivity contribution in [3.05, 3.63) is 24.3 Å². The molecular formula is C11H18N4. The van der Waals surface area contributed by atoms with Gasteiger partial charge >= 0.3 is 0 Å². The molecule has 0 amide bonds. The van der Waals surface area contributed by atoms with Crippen molar-refractivity contribution in [1.82, 2.24) is 20.6 Å². The molecule has 1 aromatic rings. The fourth-order valence-corrected chi connectivity index (χ4v) is 1.89. The van der Waals surface area contributed by atoms with Gasteiger partial charge in [-0.3, -0.25) is 9.97 Å². The Labute approximate surface area is 90.5 Å². The van der Waals surface area contributed by atoms with Crippen LogP contribution < -0.4 is 10.6 Å². The molecule has 1 aliphatic heterocycles. The van der Waals surface area contributed by atoms with E-state index in [1.165, 1.54) is 12.8 Å². The first-order valence-electron chi connectivity index (χ1n) is 5.59. The van der Waals surface area contributed by atoms with E-state index >= 15 is 0 Å². The van der Waals surface area contributed by atoms with E-state index in [2.05, 4.69) is 27.5 Å². The van der Waals surface area contributed by atoms with Crippen LogP contribution in [0.4, 0.5) is 0 Å². The average molecular weight is 206 g/mol. The molecule has 2 atom stereocenters. The molecule has 0 saturated carbocycles. The lowest BCUT2D eigenvalue weighted by atomic mass is 10.2. The highest BCUT2D eigenvalue weighted by atomic mass is 15.0. The Kier molecular flexibility index (Phi) is 3.64. The minimum Gasteiger partial charge on any atom is -0.313 e. The third-order valence-corrected chi connectivity index (χ3v) is 2.86. The molecule has 0 unspecified atom stereocenters. The summed E-state index contributed by atoms with van der Waals surface area (Å²) in [6.45, 7) is 4.29. The highest BCUT2D eigenvalue weighted by Gasteiger charge is 2.15. The van der Waals surface area contributed by atoms with E-state index in [0.29, 0.717) is 6.04 Å². The summed E-state index contributed by atoms with van der Waals surface area (Å²) in [6.07, 6.45) is 7.84. The fourth-order valence-electron chi connectivity index (χ4n) is 1.89. The Bertz CT molecular complexity index is 282. The second-order valence-electron chi connectivity index (χ2n) is 4.05. The van der Waals surface area contributed by atoms with E-state index in [9.17, 15) is 0 Å². The predicted octanol–water partition coefficient (Wildman–Crippen LogP) is 0.879. The van der Waals surface area contributed by atoms with Gasteiger partial charge in [-0.2, -0.15) is 0 Å². The summed E-state index contributed by atoms with van der Waals surface area (Å²) in [5.74, 6) is 0. The summed E-state index contributed by atoms with van der Waals surface area (Å²) in [4.78, 5) is 8.35. The zero-order valence-corrected chi connectivity index (χ0v) is 9.11. The molecule has 1 saturated heterocycles. The van der Waals surface area contributed by atoms with Crippen LogP contribution in [0.25, 0.3) is 0 Å². The molecular weight excluding hydrogens is 188 g/mol. The van der Waals surface area contributed by atoms with Crippen LogP contribution in [0.1, 0.15) is 31.5 Å². The molecule has 4 heteroatoms. The molecule has 2 N–H and O–H groups in total. The second kappa shape index (κ2) is 5.19. The maximum absolute atomic E-state index is 4.28. The first-order valence-corrected chi connectivity index (χ1v) is 5.59. The fraction of sp³-hybridized carbons (Fsp3) is 0.636. The molecule has 1 aromatic heterocycles. The van der Waals surface area contributed by atoms with Crippen molar-refractivity contribution in [3.8, 4) is 0 Å². The molecule has 1 fully saturated rings. The van der Waals surface area contributed by atoms with Crippen LogP contribution in [-0.4, -0.2) is 29.1 Å². The van der Waals surface area contributed by atoms with E-state index in [-0.39, 0.29) is 6.04 Å². The number of hydrogen-bond donors (Lipinski definition) is 2. The van der Waals surface area contributed by atoms with Gasteiger partial charge in [0.05, 0.1) is 5.69 Å². The predicted molar refractivity (Wildman–Crippen MR) is 59.5 cm³/mol. The molecule has 0 radical (unpaired) electrons. The number of rotatable bonds is 4. The average Bonchev–Trinajstić information content (AvgIpc) is 2.80. The summed E-state index contributed by atoms with van der Waals surface area (Å²) >= 11 is 0. The number of nitrogens with zero attached hydrogens (tertiary/aromatic N) is 2. The molecule has 82 valence electrons. The van der Waals surface area contributed by atoms with Gasteiger partial charge in [-0.25, -0.2) is 0 Å². The lowest BCUT2D eigenvalue weighted by molar-refractivity contribution is 0.483. The van der Waals surface area contributed by atoms with Crippen LogP contribution in [0.2, 0.25) is 0 Å². The minimum absolute atomic E-state index is 0.279. The number of nitrogens with one attached hydrogen (secondary N) is 2. The standard InChI is InChI=1S/C11H18N4/c1-9(11-8-12-5-6-14-11)15-7-10-3-2-4-13-10/h5-6,8-10,13,15H,2-4,7H2,1H3/t9-,10+/m1/s1. The Morgan fingerprint density at radius 1 is 1.60 bits per heavy atom. The quantitative estimate of drug-likeness (QED) is 0.768. The van der Waals surface area contributed by atoms with Gasteiger partial charge in [0, 0.05) is 37.2 Å². The van der Waals surface area contributed by atoms with Gasteiger partial charge in [0.15, 0.2) is 0 Å². The van der Waals surface area contributed by atoms with E-state index in [0.717, 1.165) is 18.8 Å². The molecule has 15 heavy (non-hydrogen) atoms. The normalized spacial score (nSPS) is 22.9. The molecule has 4 nitrogen and oxygen atoms in total. The monoisotopic (exact) mass is 206 g/mol. The number of hydrogen-bond acceptors (Lipinski definition) is 4. The summed E-state index contributed by atoms with van der Waals surface area (Å²) in [5.41, 5.74) is 1.01. The van der Waals surface area contributed by atoms with Crippen LogP contribution in [0.5, 0.6) is 0 Å². The zero-order chi connectivity index (χ0) is 10.5. The summed E-state index contributed by atoms with van der Waals surface area (Å²) < 4.78 is 0. The van der Waals surface area contributed by atoms with Crippen LogP contribution in [0.15, 0.2) is 18.6 Å². The molecule has 1 aliphatic rings. The lowest BCUT2D eigenvalue weighted by Gasteiger charge is -2.16. The maximum atomic E-state index is 4.28. The zero-order valence-electron chi connectivity index (χ0n) is 9.11. The largest absolute Gasteiger partial charge is 0.313 e. The Morgan fingerprint density at radius 2 is 2.53 bits per heavy atom. The first-order chi connectivity index (χ1) is 7.36.